The predicted octanol–water partition coefficient (Wildman–Crippen LogP) is 4.19. The summed E-state index contributed by atoms with van der Waals surface area (Å²) >= 11 is 0. The van der Waals surface area contributed by atoms with Gasteiger partial charge in [-0.3, -0.25) is 14.8 Å². The van der Waals surface area contributed by atoms with Gasteiger partial charge in [0.2, 0.25) is 0 Å². The van der Waals surface area contributed by atoms with Crippen LogP contribution in [-0.4, -0.2) is 15.8 Å². The first-order valence-corrected chi connectivity index (χ1v) is 8.11. The topological polar surface area (TPSA) is 42.9 Å². The summed E-state index contributed by atoms with van der Waals surface area (Å²) in [6.45, 7) is 0. The second kappa shape index (κ2) is 8.83. The average Bonchev–Trinajstić information content (AvgIpc) is 2.58. The van der Waals surface area contributed by atoms with Crippen LogP contribution in [0, 0.1) is 11.8 Å². The summed E-state index contributed by atoms with van der Waals surface area (Å²) < 4.78 is 0. The lowest BCUT2D eigenvalue weighted by Crippen LogP contribution is -2.27. The highest BCUT2D eigenvalue weighted by atomic mass is 16.1. The van der Waals surface area contributed by atoms with Gasteiger partial charge in [0, 0.05) is 36.6 Å². The first kappa shape index (κ1) is 15.1. The van der Waals surface area contributed by atoms with Crippen LogP contribution >= 0.6 is 0 Å². The molecule has 0 saturated heterocycles. The Bertz CT molecular complexity index is 321. The number of hydrogen-bond donors (Lipinski definition) is 0. The molecular weight excluding hydrogens is 248 g/mol. The number of ketones is 1. The monoisotopic (exact) mass is 274 g/mol. The molecule has 0 aromatic carbocycles. The van der Waals surface area contributed by atoms with Gasteiger partial charge in [-0.2, -0.15) is 0 Å². The second-order valence-corrected chi connectivity index (χ2v) is 5.97. The van der Waals surface area contributed by atoms with E-state index < -0.39 is 0 Å². The molecule has 2 aliphatic rings. The fourth-order valence-electron chi connectivity index (χ4n) is 3.36. The summed E-state index contributed by atoms with van der Waals surface area (Å²) in [5.41, 5.74) is 0. The van der Waals surface area contributed by atoms with Crippen molar-refractivity contribution in [1.29, 1.82) is 0 Å². The molecule has 20 heavy (non-hydrogen) atoms. The third-order valence-corrected chi connectivity index (χ3v) is 4.49. The zero-order valence-corrected chi connectivity index (χ0v) is 12.3. The normalized spacial score (nSPS) is 20.8. The number of carbonyl (C=O) groups excluding carboxylic acids is 1. The van der Waals surface area contributed by atoms with Gasteiger partial charge in [-0.25, -0.2) is 0 Å². The lowest BCUT2D eigenvalue weighted by molar-refractivity contribution is -0.128. The van der Waals surface area contributed by atoms with E-state index in [1.165, 1.54) is 64.2 Å². The van der Waals surface area contributed by atoms with Gasteiger partial charge < -0.3 is 0 Å². The smallest absolute Gasteiger partial charge is 0.139 e. The Kier molecular flexibility index (Phi) is 6.69. The number of carbonyl (C=O) groups is 1. The van der Waals surface area contributed by atoms with E-state index in [9.17, 15) is 4.79 Å². The third-order valence-electron chi connectivity index (χ3n) is 4.49. The number of hydrogen-bond acceptors (Lipinski definition) is 3. The summed E-state index contributed by atoms with van der Waals surface area (Å²) in [7, 11) is 0. The number of Topliss-reactive ketones (excluding diaryl/α,β-unsaturated/α-hetero) is 1. The van der Waals surface area contributed by atoms with Gasteiger partial charge in [0.25, 0.3) is 0 Å². The molecule has 2 aliphatic carbocycles. The van der Waals surface area contributed by atoms with Gasteiger partial charge in [0.1, 0.15) is 5.78 Å². The van der Waals surface area contributed by atoms with Crippen molar-refractivity contribution in [3.63, 3.8) is 0 Å². The van der Waals surface area contributed by atoms with Crippen LogP contribution in [0.2, 0.25) is 0 Å². The van der Waals surface area contributed by atoms with Gasteiger partial charge in [-0.05, 0) is 25.7 Å². The van der Waals surface area contributed by atoms with Crippen LogP contribution in [0.1, 0.15) is 64.2 Å². The number of nitrogens with zero attached hydrogens (tertiary/aromatic N) is 2. The highest BCUT2D eigenvalue weighted by Gasteiger charge is 2.28. The van der Waals surface area contributed by atoms with E-state index in [2.05, 4.69) is 9.97 Å². The largest absolute Gasteiger partial charge is 0.299 e. The Morgan fingerprint density at radius 2 is 1.00 bits per heavy atom. The van der Waals surface area contributed by atoms with Crippen molar-refractivity contribution in [3.8, 4) is 0 Å². The molecule has 2 fully saturated rings. The first-order chi connectivity index (χ1) is 9.88. The van der Waals surface area contributed by atoms with E-state index in [1.54, 1.807) is 24.8 Å². The molecule has 0 unspecified atom stereocenters. The highest BCUT2D eigenvalue weighted by Crippen LogP contribution is 2.32. The predicted molar refractivity (Wildman–Crippen MR) is 80.2 cm³/mol. The molecule has 1 aromatic heterocycles. The molecule has 3 nitrogen and oxygen atoms in total. The van der Waals surface area contributed by atoms with Gasteiger partial charge >= 0.3 is 0 Å². The Hall–Kier alpha value is -1.25. The van der Waals surface area contributed by atoms with Gasteiger partial charge in [0.05, 0.1) is 0 Å². The lowest BCUT2D eigenvalue weighted by atomic mass is 9.77. The fraction of sp³-hybridized carbons (Fsp3) is 0.706. The average molecular weight is 274 g/mol. The molecule has 3 heteroatoms. The Morgan fingerprint density at radius 3 is 1.30 bits per heavy atom. The maximum Gasteiger partial charge on any atom is 0.139 e. The van der Waals surface area contributed by atoms with Crippen molar-refractivity contribution >= 4 is 5.78 Å². The minimum Gasteiger partial charge on any atom is -0.299 e. The van der Waals surface area contributed by atoms with Crippen molar-refractivity contribution in [2.75, 3.05) is 0 Å². The van der Waals surface area contributed by atoms with Crippen LogP contribution in [-0.2, 0) is 4.79 Å². The summed E-state index contributed by atoms with van der Waals surface area (Å²) in [5.74, 6) is 1.53. The Balaban J connectivity index is 0.000000205. The van der Waals surface area contributed by atoms with Crippen molar-refractivity contribution in [3.05, 3.63) is 24.8 Å². The fourth-order valence-corrected chi connectivity index (χ4v) is 3.36. The van der Waals surface area contributed by atoms with Crippen LogP contribution in [0.5, 0.6) is 0 Å². The molecule has 0 bridgehead atoms. The standard InChI is InChI=1S/C13H22O.C4H4N2/c14-13(11-7-3-1-4-8-11)12-9-5-2-6-10-12;1-2-6-4-3-5-1/h11-12H,1-10H2;1-4H. The molecule has 1 aromatic rings. The molecule has 0 atom stereocenters. The molecule has 0 N–H and O–H groups in total. The van der Waals surface area contributed by atoms with Crippen molar-refractivity contribution in [2.24, 2.45) is 11.8 Å². The Morgan fingerprint density at radius 1 is 0.650 bits per heavy atom. The van der Waals surface area contributed by atoms with E-state index in [4.69, 9.17) is 0 Å². The molecule has 3 rings (SSSR count). The Labute approximate surface area is 122 Å². The van der Waals surface area contributed by atoms with Crippen molar-refractivity contribution in [2.45, 2.75) is 64.2 Å². The minimum absolute atomic E-state index is 0.451. The van der Waals surface area contributed by atoms with Crippen LogP contribution in [0.3, 0.4) is 0 Å². The molecular formula is C17H26N2O. The summed E-state index contributed by atoms with van der Waals surface area (Å²) in [5, 5.41) is 0. The van der Waals surface area contributed by atoms with Gasteiger partial charge in [0.15, 0.2) is 0 Å². The second-order valence-electron chi connectivity index (χ2n) is 5.97. The summed E-state index contributed by atoms with van der Waals surface area (Å²) in [6, 6.07) is 0. The van der Waals surface area contributed by atoms with Crippen molar-refractivity contribution in [1.82, 2.24) is 9.97 Å². The summed E-state index contributed by atoms with van der Waals surface area (Å²) in [6.07, 6.45) is 19.2. The third kappa shape index (κ3) is 5.03. The molecule has 0 spiro atoms. The van der Waals surface area contributed by atoms with Crippen molar-refractivity contribution < 1.29 is 4.79 Å². The number of aromatic nitrogens is 2. The molecule has 0 aliphatic heterocycles. The van der Waals surface area contributed by atoms with E-state index >= 15 is 0 Å². The van der Waals surface area contributed by atoms with E-state index in [0.717, 1.165) is 0 Å². The van der Waals surface area contributed by atoms with Crippen LogP contribution in [0.15, 0.2) is 24.8 Å². The van der Waals surface area contributed by atoms with Crippen LogP contribution in [0.25, 0.3) is 0 Å². The lowest BCUT2D eigenvalue weighted by Gasteiger charge is -2.27. The minimum atomic E-state index is 0.451. The summed E-state index contributed by atoms with van der Waals surface area (Å²) in [4.78, 5) is 19.6. The van der Waals surface area contributed by atoms with E-state index in [1.807, 2.05) is 0 Å². The van der Waals surface area contributed by atoms with Crippen LogP contribution in [0.4, 0.5) is 0 Å². The molecule has 1 heterocycles. The number of rotatable bonds is 2. The van der Waals surface area contributed by atoms with E-state index in [-0.39, 0.29) is 0 Å². The quantitative estimate of drug-likeness (QED) is 0.812. The maximum absolute atomic E-state index is 12.2. The van der Waals surface area contributed by atoms with Crippen LogP contribution < -0.4 is 0 Å². The zero-order chi connectivity index (χ0) is 14.0. The SMILES string of the molecule is O=C(C1CCCCC1)C1CCCCC1.c1cnccn1. The maximum atomic E-state index is 12.2. The highest BCUT2D eigenvalue weighted by molar-refractivity contribution is 5.83. The molecule has 0 radical (unpaired) electrons. The molecule has 2 saturated carbocycles. The molecule has 0 amide bonds. The molecule has 110 valence electrons. The van der Waals surface area contributed by atoms with Gasteiger partial charge in [-0.1, -0.05) is 38.5 Å². The zero-order valence-electron chi connectivity index (χ0n) is 12.3. The van der Waals surface area contributed by atoms with Gasteiger partial charge in [-0.15, -0.1) is 0 Å². The first-order valence-electron chi connectivity index (χ1n) is 8.11. The van der Waals surface area contributed by atoms with E-state index in [0.29, 0.717) is 17.6 Å².